The molecule has 0 heterocycles. The van der Waals surface area contributed by atoms with Crippen LogP contribution in [0.4, 0.5) is 0 Å². The molecule has 0 saturated heterocycles. The Morgan fingerprint density at radius 3 is 0.973 bits per heavy atom. The third-order valence-electron chi connectivity index (χ3n) is 8.59. The number of rotatable bonds is 25. The predicted molar refractivity (Wildman–Crippen MR) is 171 cm³/mol. The van der Waals surface area contributed by atoms with E-state index in [4.69, 9.17) is 0 Å². The van der Waals surface area contributed by atoms with Crippen molar-refractivity contribution in [2.24, 2.45) is 0 Å². The number of nitrogens with zero attached hydrogens (tertiary/aromatic N) is 2. The van der Waals surface area contributed by atoms with Crippen LogP contribution in [0.5, 0.6) is 0 Å². The summed E-state index contributed by atoms with van der Waals surface area (Å²) in [5.74, 6) is 0. The first-order valence-electron chi connectivity index (χ1n) is 17.5. The van der Waals surface area contributed by atoms with Crippen LogP contribution in [-0.2, 0) is 0 Å². The van der Waals surface area contributed by atoms with Crippen molar-refractivity contribution >= 4 is 0 Å². The van der Waals surface area contributed by atoms with Gasteiger partial charge in [-0.3, -0.25) is 0 Å². The van der Waals surface area contributed by atoms with Crippen LogP contribution >= 0.6 is 0 Å². The Morgan fingerprint density at radius 1 is 0.405 bits per heavy atom. The van der Waals surface area contributed by atoms with Crippen LogP contribution < -0.4 is 0 Å². The van der Waals surface area contributed by atoms with Gasteiger partial charge in [-0.2, -0.15) is 0 Å². The van der Waals surface area contributed by atoms with Crippen molar-refractivity contribution in [2.45, 2.75) is 193 Å². The summed E-state index contributed by atoms with van der Waals surface area (Å²) in [5.41, 5.74) is 0. The topological polar surface area (TPSA) is 6.48 Å². The first-order valence-corrected chi connectivity index (χ1v) is 17.5. The molecule has 0 aromatic rings. The Labute approximate surface area is 237 Å². The lowest BCUT2D eigenvalue weighted by Gasteiger charge is -2.27. The van der Waals surface area contributed by atoms with E-state index >= 15 is 0 Å². The maximum Gasteiger partial charge on any atom is 0.00891 e. The molecule has 0 aliphatic heterocycles. The Bertz CT molecular complexity index is 376. The van der Waals surface area contributed by atoms with Crippen LogP contribution in [0.2, 0.25) is 0 Å². The third-order valence-corrected chi connectivity index (χ3v) is 8.59. The largest absolute Gasteiger partial charge is 0.306 e. The van der Waals surface area contributed by atoms with E-state index in [1.807, 2.05) is 0 Å². The van der Waals surface area contributed by atoms with Gasteiger partial charge in [0.05, 0.1) is 0 Å². The highest BCUT2D eigenvalue weighted by Crippen LogP contribution is 2.20. The number of hydrogen-bond acceptors (Lipinski definition) is 2. The molecular weight excluding hydrogens is 448 g/mol. The quantitative estimate of drug-likeness (QED) is 0.110. The lowest BCUT2D eigenvalue weighted by atomic mass is 9.95. The van der Waals surface area contributed by atoms with Gasteiger partial charge in [-0.15, -0.1) is 0 Å². The van der Waals surface area contributed by atoms with Gasteiger partial charge >= 0.3 is 0 Å². The molecule has 37 heavy (non-hydrogen) atoms. The summed E-state index contributed by atoms with van der Waals surface area (Å²) in [6.45, 7) is 7.23. The molecule has 0 spiro atoms. The monoisotopic (exact) mass is 523 g/mol. The minimum Gasteiger partial charge on any atom is -0.306 e. The molecule has 0 aromatic heterocycles. The average Bonchev–Trinajstić information content (AvgIpc) is 2.91. The van der Waals surface area contributed by atoms with Crippen molar-refractivity contribution in [3.63, 3.8) is 0 Å². The first-order chi connectivity index (χ1) is 18.1. The minimum atomic E-state index is 0.888. The van der Waals surface area contributed by atoms with Crippen molar-refractivity contribution in [2.75, 3.05) is 34.2 Å². The Kier molecular flexibility index (Phi) is 30.4. The van der Waals surface area contributed by atoms with Crippen LogP contribution in [0.25, 0.3) is 0 Å². The second kappa shape index (κ2) is 30.5. The normalized spacial score (nSPS) is 14.4. The second-order valence-corrected chi connectivity index (χ2v) is 12.6. The number of hydrogen-bond donors (Lipinski definition) is 0. The SMILES string of the molecule is CCCCCCCCCCCCCN(C)CCCCCCCCCCCCC.CN(C)C1CCCCC1. The summed E-state index contributed by atoms with van der Waals surface area (Å²) in [6, 6.07) is 0.888. The van der Waals surface area contributed by atoms with Crippen LogP contribution in [0.1, 0.15) is 187 Å². The molecule has 1 saturated carbocycles. The maximum absolute atomic E-state index is 2.57. The van der Waals surface area contributed by atoms with Gasteiger partial charge in [-0.05, 0) is 59.9 Å². The van der Waals surface area contributed by atoms with Gasteiger partial charge in [0.1, 0.15) is 0 Å². The minimum absolute atomic E-state index is 0.888. The van der Waals surface area contributed by atoms with E-state index in [1.54, 1.807) is 0 Å². The summed E-state index contributed by atoms with van der Waals surface area (Å²) in [4.78, 5) is 4.93. The fourth-order valence-electron chi connectivity index (χ4n) is 5.80. The Hall–Kier alpha value is -0.0800. The van der Waals surface area contributed by atoms with Gasteiger partial charge in [-0.1, -0.05) is 162 Å². The van der Waals surface area contributed by atoms with Gasteiger partial charge in [0.2, 0.25) is 0 Å². The standard InChI is InChI=1S/C27H57N.C8H17N/c1-4-6-8-10-12-14-16-18-20-22-24-26-28(3)27-25-23-21-19-17-15-13-11-9-7-5-2;1-9(2)8-6-4-3-5-7-8/h4-27H2,1-3H3;8H,3-7H2,1-2H3. The average molecular weight is 523 g/mol. The van der Waals surface area contributed by atoms with Crippen LogP contribution in [0.3, 0.4) is 0 Å². The second-order valence-electron chi connectivity index (χ2n) is 12.6. The molecule has 224 valence electrons. The summed E-state index contributed by atoms with van der Waals surface area (Å²) < 4.78 is 0. The van der Waals surface area contributed by atoms with Gasteiger partial charge < -0.3 is 9.80 Å². The molecule has 0 radical (unpaired) electrons. The molecule has 2 heteroatoms. The summed E-state index contributed by atoms with van der Waals surface area (Å²) in [5, 5.41) is 0. The first kappa shape index (κ1) is 36.9. The smallest absolute Gasteiger partial charge is 0.00891 e. The Balaban J connectivity index is 0.00000120. The molecule has 0 aromatic carbocycles. The van der Waals surface area contributed by atoms with Gasteiger partial charge in [-0.25, -0.2) is 0 Å². The van der Waals surface area contributed by atoms with E-state index in [0.717, 1.165) is 6.04 Å². The van der Waals surface area contributed by atoms with Crippen molar-refractivity contribution in [1.29, 1.82) is 0 Å². The van der Waals surface area contributed by atoms with Crippen molar-refractivity contribution in [3.05, 3.63) is 0 Å². The molecule has 1 aliphatic carbocycles. The van der Waals surface area contributed by atoms with Crippen molar-refractivity contribution < 1.29 is 0 Å². The molecular formula is C35H74N2. The summed E-state index contributed by atoms with van der Waals surface area (Å²) in [7, 11) is 6.71. The lowest BCUT2D eigenvalue weighted by Crippen LogP contribution is -2.29. The molecule has 1 rings (SSSR count). The van der Waals surface area contributed by atoms with Crippen molar-refractivity contribution in [3.8, 4) is 0 Å². The van der Waals surface area contributed by atoms with E-state index < -0.39 is 0 Å². The molecule has 1 aliphatic rings. The molecule has 0 bridgehead atoms. The highest BCUT2D eigenvalue weighted by atomic mass is 15.1. The number of unbranched alkanes of at least 4 members (excludes halogenated alkanes) is 20. The highest BCUT2D eigenvalue weighted by Gasteiger charge is 2.14. The maximum atomic E-state index is 2.57. The van der Waals surface area contributed by atoms with E-state index in [0.29, 0.717) is 0 Å². The molecule has 1 fully saturated rings. The summed E-state index contributed by atoms with van der Waals surface area (Å²) in [6.07, 6.45) is 39.1. The third kappa shape index (κ3) is 28.7. The van der Waals surface area contributed by atoms with Crippen LogP contribution in [-0.4, -0.2) is 50.1 Å². The highest BCUT2D eigenvalue weighted by molar-refractivity contribution is 4.70. The summed E-state index contributed by atoms with van der Waals surface area (Å²) >= 11 is 0. The fourth-order valence-corrected chi connectivity index (χ4v) is 5.80. The predicted octanol–water partition coefficient (Wildman–Crippen LogP) is 11.4. The lowest BCUT2D eigenvalue weighted by molar-refractivity contribution is 0.229. The van der Waals surface area contributed by atoms with E-state index in [-0.39, 0.29) is 0 Å². The van der Waals surface area contributed by atoms with E-state index in [9.17, 15) is 0 Å². The van der Waals surface area contributed by atoms with Crippen molar-refractivity contribution in [1.82, 2.24) is 9.80 Å². The molecule has 0 amide bonds. The molecule has 0 N–H and O–H groups in total. The molecule has 0 atom stereocenters. The van der Waals surface area contributed by atoms with Gasteiger partial charge in [0, 0.05) is 6.04 Å². The fraction of sp³-hybridized carbons (Fsp3) is 1.00. The van der Waals surface area contributed by atoms with Gasteiger partial charge in [0.15, 0.2) is 0 Å². The zero-order valence-electron chi connectivity index (χ0n) is 27.0. The molecule has 2 nitrogen and oxygen atoms in total. The van der Waals surface area contributed by atoms with Crippen LogP contribution in [0, 0.1) is 0 Å². The zero-order valence-corrected chi connectivity index (χ0v) is 27.0. The van der Waals surface area contributed by atoms with E-state index in [2.05, 4.69) is 44.8 Å². The van der Waals surface area contributed by atoms with E-state index in [1.165, 1.54) is 186 Å². The zero-order chi connectivity index (χ0) is 27.2. The van der Waals surface area contributed by atoms with Gasteiger partial charge in [0.25, 0.3) is 0 Å². The van der Waals surface area contributed by atoms with Crippen LogP contribution in [0.15, 0.2) is 0 Å². The molecule has 0 unspecified atom stereocenters. The Morgan fingerprint density at radius 2 is 0.703 bits per heavy atom.